The lowest BCUT2D eigenvalue weighted by molar-refractivity contribution is 1.09. The number of nitrogens with zero attached hydrogens (tertiary/aromatic N) is 1. The van der Waals surface area contributed by atoms with Crippen molar-refractivity contribution in [2.45, 2.75) is 6.92 Å². The van der Waals surface area contributed by atoms with Gasteiger partial charge in [0.1, 0.15) is 9.22 Å². The third-order valence-corrected chi connectivity index (χ3v) is 3.14. The zero-order chi connectivity index (χ0) is 8.72. The molecule has 0 unspecified atom stereocenters. The minimum atomic E-state index is 1.00. The summed E-state index contributed by atoms with van der Waals surface area (Å²) in [6, 6.07) is 4.20. The highest BCUT2D eigenvalue weighted by Crippen LogP contribution is 2.26. The number of fused-ring (bicyclic) bond motifs is 1. The van der Waals surface area contributed by atoms with Crippen molar-refractivity contribution in [3.05, 3.63) is 25.9 Å². The molecule has 4 heteroatoms. The first-order valence-corrected chi connectivity index (χ1v) is 5.35. The fourth-order valence-corrected chi connectivity index (χ4v) is 2.38. The van der Waals surface area contributed by atoms with Crippen molar-refractivity contribution in [2.75, 3.05) is 0 Å². The molecule has 0 saturated heterocycles. The Kier molecular flexibility index (Phi) is 2.12. The van der Waals surface area contributed by atoms with E-state index in [-0.39, 0.29) is 0 Å². The van der Waals surface area contributed by atoms with Crippen LogP contribution in [-0.2, 0) is 0 Å². The van der Waals surface area contributed by atoms with Gasteiger partial charge in [0.05, 0.1) is 0 Å². The summed E-state index contributed by atoms with van der Waals surface area (Å²) < 4.78 is 2.14. The number of hydrogen-bond donors (Lipinski definition) is 1. The SMILES string of the molecule is Cc1cc(Br)c2n[nH]c(I)c2c1. The van der Waals surface area contributed by atoms with Crippen LogP contribution in [0.5, 0.6) is 0 Å². The zero-order valence-corrected chi connectivity index (χ0v) is 10.1. The van der Waals surface area contributed by atoms with Crippen LogP contribution in [0.4, 0.5) is 0 Å². The summed E-state index contributed by atoms with van der Waals surface area (Å²) in [5, 5.41) is 8.31. The van der Waals surface area contributed by atoms with Crippen LogP contribution in [0.25, 0.3) is 10.9 Å². The molecule has 1 N–H and O–H groups in total. The molecule has 0 atom stereocenters. The van der Waals surface area contributed by atoms with Crippen LogP contribution in [-0.4, -0.2) is 10.2 Å². The summed E-state index contributed by atoms with van der Waals surface area (Å²) in [6.45, 7) is 2.08. The number of H-pyrrole nitrogens is 1. The summed E-state index contributed by atoms with van der Waals surface area (Å²) in [6.07, 6.45) is 0. The highest BCUT2D eigenvalue weighted by atomic mass is 127. The van der Waals surface area contributed by atoms with E-state index in [1.54, 1.807) is 0 Å². The minimum Gasteiger partial charge on any atom is -0.271 e. The van der Waals surface area contributed by atoms with Gasteiger partial charge in [0.25, 0.3) is 0 Å². The maximum Gasteiger partial charge on any atom is 0.107 e. The standard InChI is InChI=1S/C8H6BrIN2/c1-4-2-5-7(6(9)3-4)11-12-8(5)10/h2-3H,1H3,(H,11,12). The topological polar surface area (TPSA) is 28.7 Å². The molecule has 2 nitrogen and oxygen atoms in total. The van der Waals surface area contributed by atoms with Gasteiger partial charge in [0, 0.05) is 9.86 Å². The van der Waals surface area contributed by atoms with E-state index in [0.717, 1.165) is 13.7 Å². The largest absolute Gasteiger partial charge is 0.271 e. The van der Waals surface area contributed by atoms with Crippen LogP contribution < -0.4 is 0 Å². The fraction of sp³-hybridized carbons (Fsp3) is 0.125. The van der Waals surface area contributed by atoms with E-state index in [1.807, 2.05) is 0 Å². The number of aromatic amines is 1. The molecule has 0 spiro atoms. The van der Waals surface area contributed by atoms with E-state index in [1.165, 1.54) is 10.9 Å². The average molecular weight is 337 g/mol. The molecule has 0 aliphatic rings. The van der Waals surface area contributed by atoms with Gasteiger partial charge in [-0.25, -0.2) is 0 Å². The van der Waals surface area contributed by atoms with Gasteiger partial charge in [-0.2, -0.15) is 5.10 Å². The first-order chi connectivity index (χ1) is 5.68. The van der Waals surface area contributed by atoms with Crippen LogP contribution in [0.3, 0.4) is 0 Å². The number of nitrogens with one attached hydrogen (secondary N) is 1. The monoisotopic (exact) mass is 336 g/mol. The Balaban J connectivity index is 2.92. The molecule has 2 aromatic rings. The molecule has 1 heterocycles. The molecule has 0 bridgehead atoms. The van der Waals surface area contributed by atoms with Gasteiger partial charge in [-0.1, -0.05) is 0 Å². The third kappa shape index (κ3) is 1.26. The molecule has 2 rings (SSSR count). The van der Waals surface area contributed by atoms with E-state index in [2.05, 4.69) is 67.8 Å². The van der Waals surface area contributed by atoms with Crippen molar-refractivity contribution in [3.8, 4) is 0 Å². The molecule has 1 aromatic carbocycles. The molecule has 0 radical (unpaired) electrons. The molecule has 62 valence electrons. The molecular formula is C8H6BrIN2. The fourth-order valence-electron chi connectivity index (χ4n) is 1.18. The normalized spacial score (nSPS) is 10.9. The molecule has 0 amide bonds. The summed E-state index contributed by atoms with van der Waals surface area (Å²) in [5.41, 5.74) is 2.25. The van der Waals surface area contributed by atoms with Crippen molar-refractivity contribution in [3.63, 3.8) is 0 Å². The van der Waals surface area contributed by atoms with E-state index in [0.29, 0.717) is 0 Å². The van der Waals surface area contributed by atoms with Crippen molar-refractivity contribution >= 4 is 49.4 Å². The minimum absolute atomic E-state index is 1.00. The zero-order valence-electron chi connectivity index (χ0n) is 6.36. The van der Waals surface area contributed by atoms with E-state index < -0.39 is 0 Å². The highest BCUT2D eigenvalue weighted by molar-refractivity contribution is 14.1. The summed E-state index contributed by atoms with van der Waals surface area (Å²) in [4.78, 5) is 0. The quantitative estimate of drug-likeness (QED) is 0.735. The molecule has 0 fully saturated rings. The molecular weight excluding hydrogens is 331 g/mol. The molecule has 1 aromatic heterocycles. The Labute approximate surface area is 92.0 Å². The molecule has 12 heavy (non-hydrogen) atoms. The van der Waals surface area contributed by atoms with Gasteiger partial charge < -0.3 is 0 Å². The Hall–Kier alpha value is -0.100. The van der Waals surface area contributed by atoms with Gasteiger partial charge in [-0.15, -0.1) is 0 Å². The summed E-state index contributed by atoms with van der Waals surface area (Å²) in [5.74, 6) is 0. The lowest BCUT2D eigenvalue weighted by Crippen LogP contribution is -1.75. The van der Waals surface area contributed by atoms with E-state index in [9.17, 15) is 0 Å². The van der Waals surface area contributed by atoms with Gasteiger partial charge >= 0.3 is 0 Å². The second-order valence-corrected chi connectivity index (χ2v) is 4.61. The summed E-state index contributed by atoms with van der Waals surface area (Å²) >= 11 is 5.72. The predicted molar refractivity (Wildman–Crippen MR) is 61.2 cm³/mol. The van der Waals surface area contributed by atoms with Gasteiger partial charge in [-0.05, 0) is 63.1 Å². The average Bonchev–Trinajstić information content (AvgIpc) is 2.33. The lowest BCUT2D eigenvalue weighted by atomic mass is 10.2. The van der Waals surface area contributed by atoms with Crippen molar-refractivity contribution in [2.24, 2.45) is 0 Å². The Morgan fingerprint density at radius 1 is 1.50 bits per heavy atom. The number of aromatic nitrogens is 2. The third-order valence-electron chi connectivity index (χ3n) is 1.71. The van der Waals surface area contributed by atoms with Crippen LogP contribution in [0.2, 0.25) is 0 Å². The first kappa shape index (κ1) is 8.50. The second kappa shape index (κ2) is 2.99. The van der Waals surface area contributed by atoms with Crippen molar-refractivity contribution < 1.29 is 0 Å². The van der Waals surface area contributed by atoms with Gasteiger partial charge in [-0.3, -0.25) is 5.10 Å². The Morgan fingerprint density at radius 3 is 3.00 bits per heavy atom. The highest BCUT2D eigenvalue weighted by Gasteiger charge is 2.05. The van der Waals surface area contributed by atoms with Crippen LogP contribution >= 0.6 is 38.5 Å². The molecule has 0 aliphatic carbocycles. The Bertz CT molecular complexity index is 436. The Morgan fingerprint density at radius 2 is 2.25 bits per heavy atom. The maximum atomic E-state index is 4.18. The van der Waals surface area contributed by atoms with Crippen molar-refractivity contribution in [1.29, 1.82) is 0 Å². The molecule has 0 saturated carbocycles. The number of aryl methyl sites for hydroxylation is 1. The summed E-state index contributed by atoms with van der Waals surface area (Å²) in [7, 11) is 0. The lowest BCUT2D eigenvalue weighted by Gasteiger charge is -1.95. The second-order valence-electron chi connectivity index (χ2n) is 2.68. The van der Waals surface area contributed by atoms with E-state index in [4.69, 9.17) is 0 Å². The van der Waals surface area contributed by atoms with Crippen LogP contribution in [0.15, 0.2) is 16.6 Å². The number of rotatable bonds is 0. The first-order valence-electron chi connectivity index (χ1n) is 3.48. The van der Waals surface area contributed by atoms with Crippen molar-refractivity contribution in [1.82, 2.24) is 10.2 Å². The molecule has 0 aliphatic heterocycles. The van der Waals surface area contributed by atoms with Crippen LogP contribution in [0, 0.1) is 10.6 Å². The smallest absolute Gasteiger partial charge is 0.107 e. The number of benzene rings is 1. The van der Waals surface area contributed by atoms with Crippen LogP contribution in [0.1, 0.15) is 5.56 Å². The van der Waals surface area contributed by atoms with Gasteiger partial charge in [0.2, 0.25) is 0 Å². The van der Waals surface area contributed by atoms with Gasteiger partial charge in [0.15, 0.2) is 0 Å². The number of hydrogen-bond acceptors (Lipinski definition) is 1. The predicted octanol–water partition coefficient (Wildman–Crippen LogP) is 3.24. The van der Waals surface area contributed by atoms with E-state index >= 15 is 0 Å². The number of halogens is 2. The maximum absolute atomic E-state index is 4.18.